The molecular weight excluding hydrogens is 522 g/mol. The zero-order chi connectivity index (χ0) is 27.2. The van der Waals surface area contributed by atoms with Crippen LogP contribution in [-0.4, -0.2) is 41.3 Å². The highest BCUT2D eigenvalue weighted by Crippen LogP contribution is 2.41. The molecule has 3 aromatic carbocycles. The molecule has 7 nitrogen and oxygen atoms in total. The van der Waals surface area contributed by atoms with Crippen molar-refractivity contribution in [2.75, 3.05) is 17.1 Å². The van der Waals surface area contributed by atoms with Gasteiger partial charge in [0.2, 0.25) is 10.0 Å². The van der Waals surface area contributed by atoms with Crippen molar-refractivity contribution in [1.82, 2.24) is 4.72 Å². The summed E-state index contributed by atoms with van der Waals surface area (Å²) < 4.78 is 89.6. The zero-order valence-electron chi connectivity index (χ0n) is 20.8. The molecule has 4 rings (SSSR count). The van der Waals surface area contributed by atoms with Crippen LogP contribution < -0.4 is 13.8 Å². The van der Waals surface area contributed by atoms with Gasteiger partial charge in [0.1, 0.15) is 23.5 Å². The van der Waals surface area contributed by atoms with Crippen molar-refractivity contribution in [1.29, 1.82) is 0 Å². The maximum absolute atomic E-state index is 14.5. The van der Waals surface area contributed by atoms with Gasteiger partial charge in [-0.15, -0.1) is 0 Å². The SMILES string of the molecule is Cc1cccc(S(=O)(=O)N2C[C@H](CC(C)(C)NS(C)(=O)=O)Oc3ccc(-c4cc(F)ccc4F)cc32)c1. The zero-order valence-corrected chi connectivity index (χ0v) is 22.5. The molecule has 1 atom stereocenters. The number of anilines is 1. The normalized spacial score (nSPS) is 16.3. The topological polar surface area (TPSA) is 92.8 Å². The van der Waals surface area contributed by atoms with Gasteiger partial charge in [0, 0.05) is 17.5 Å². The van der Waals surface area contributed by atoms with E-state index in [2.05, 4.69) is 4.72 Å². The van der Waals surface area contributed by atoms with Gasteiger partial charge in [0.15, 0.2) is 0 Å². The Morgan fingerprint density at radius 3 is 2.43 bits per heavy atom. The molecule has 1 heterocycles. The summed E-state index contributed by atoms with van der Waals surface area (Å²) in [4.78, 5) is 0.0648. The second-order valence-electron chi connectivity index (χ2n) is 9.86. The van der Waals surface area contributed by atoms with E-state index in [4.69, 9.17) is 4.74 Å². The average molecular weight is 551 g/mol. The van der Waals surface area contributed by atoms with Crippen LogP contribution in [0.2, 0.25) is 0 Å². The quantitative estimate of drug-likeness (QED) is 0.464. The predicted octanol–water partition coefficient (Wildman–Crippen LogP) is 4.61. The number of aryl methyl sites for hydroxylation is 1. The number of benzene rings is 3. The summed E-state index contributed by atoms with van der Waals surface area (Å²) >= 11 is 0. The summed E-state index contributed by atoms with van der Waals surface area (Å²) in [5.74, 6) is -1.06. The van der Waals surface area contributed by atoms with Crippen molar-refractivity contribution < 1.29 is 30.4 Å². The molecular formula is C26H28F2N2O5S2. The fraction of sp³-hybridized carbons (Fsp3) is 0.308. The van der Waals surface area contributed by atoms with Crippen molar-refractivity contribution in [3.63, 3.8) is 0 Å². The molecule has 1 aliphatic heterocycles. The lowest BCUT2D eigenvalue weighted by atomic mass is 9.97. The van der Waals surface area contributed by atoms with E-state index in [1.54, 1.807) is 39.0 Å². The van der Waals surface area contributed by atoms with Crippen molar-refractivity contribution in [2.24, 2.45) is 0 Å². The van der Waals surface area contributed by atoms with E-state index < -0.39 is 43.3 Å². The van der Waals surface area contributed by atoms with Gasteiger partial charge in [-0.05, 0) is 74.4 Å². The Balaban J connectivity index is 1.81. The number of halogens is 2. The molecule has 0 fully saturated rings. The molecule has 0 bridgehead atoms. The van der Waals surface area contributed by atoms with Crippen LogP contribution in [-0.2, 0) is 20.0 Å². The highest BCUT2D eigenvalue weighted by atomic mass is 32.2. The van der Waals surface area contributed by atoms with E-state index in [1.165, 1.54) is 28.6 Å². The molecule has 0 unspecified atom stereocenters. The van der Waals surface area contributed by atoms with Gasteiger partial charge in [-0.1, -0.05) is 18.2 Å². The van der Waals surface area contributed by atoms with E-state index in [9.17, 15) is 25.6 Å². The van der Waals surface area contributed by atoms with Crippen LogP contribution in [0, 0.1) is 18.6 Å². The number of nitrogens with zero attached hydrogens (tertiary/aromatic N) is 1. The smallest absolute Gasteiger partial charge is 0.264 e. The summed E-state index contributed by atoms with van der Waals surface area (Å²) in [7, 11) is -7.62. The molecule has 11 heteroatoms. The number of fused-ring (bicyclic) bond motifs is 1. The fourth-order valence-corrected chi connectivity index (χ4v) is 7.24. The minimum Gasteiger partial charge on any atom is -0.486 e. The number of nitrogens with one attached hydrogen (secondary N) is 1. The van der Waals surface area contributed by atoms with Crippen molar-refractivity contribution in [3.05, 3.63) is 77.9 Å². The molecule has 198 valence electrons. The summed E-state index contributed by atoms with van der Waals surface area (Å²) in [6, 6.07) is 14.0. The number of ether oxygens (including phenoxy) is 1. The monoisotopic (exact) mass is 550 g/mol. The summed E-state index contributed by atoms with van der Waals surface area (Å²) in [5.41, 5.74) is 0.254. The number of sulfonamides is 2. The Morgan fingerprint density at radius 2 is 1.76 bits per heavy atom. The standard InChI is InChI=1S/C26H28F2N2O5S2/c1-17-6-5-7-21(12-17)37(33,34)30-16-20(15-26(2,3)29-36(4,31)32)35-25-11-8-18(13-24(25)30)22-14-19(27)9-10-23(22)28/h5-14,20,29H,15-16H2,1-4H3/t20-/m0/s1. The van der Waals surface area contributed by atoms with Crippen molar-refractivity contribution in [2.45, 2.75) is 43.7 Å². The predicted molar refractivity (Wildman–Crippen MR) is 139 cm³/mol. The second-order valence-corrected chi connectivity index (χ2v) is 13.5. The second kappa shape index (κ2) is 9.70. The first-order valence-corrected chi connectivity index (χ1v) is 14.8. The van der Waals surface area contributed by atoms with Crippen LogP contribution in [0.15, 0.2) is 65.6 Å². The van der Waals surface area contributed by atoms with Crippen LogP contribution >= 0.6 is 0 Å². The van der Waals surface area contributed by atoms with Crippen molar-refractivity contribution >= 4 is 25.7 Å². The highest BCUT2D eigenvalue weighted by Gasteiger charge is 2.38. The van der Waals surface area contributed by atoms with Crippen LogP contribution in [0.5, 0.6) is 5.75 Å². The molecule has 0 spiro atoms. The van der Waals surface area contributed by atoms with E-state index in [-0.39, 0.29) is 40.4 Å². The van der Waals surface area contributed by atoms with Gasteiger partial charge in [-0.3, -0.25) is 4.31 Å². The number of hydrogen-bond donors (Lipinski definition) is 1. The third-order valence-electron chi connectivity index (χ3n) is 5.91. The minimum atomic E-state index is -4.09. The van der Waals surface area contributed by atoms with Gasteiger partial charge >= 0.3 is 0 Å². The summed E-state index contributed by atoms with van der Waals surface area (Å²) in [6.45, 7) is 5.02. The first kappa shape index (κ1) is 27.0. The van der Waals surface area contributed by atoms with Gasteiger partial charge in [0.05, 0.1) is 23.4 Å². The maximum atomic E-state index is 14.5. The molecule has 1 N–H and O–H groups in total. The fourth-order valence-electron chi connectivity index (χ4n) is 4.55. The van der Waals surface area contributed by atoms with Gasteiger partial charge in [0.25, 0.3) is 10.0 Å². The molecule has 37 heavy (non-hydrogen) atoms. The molecule has 0 amide bonds. The van der Waals surface area contributed by atoms with E-state index in [0.717, 1.165) is 30.0 Å². The van der Waals surface area contributed by atoms with Crippen LogP contribution in [0.3, 0.4) is 0 Å². The first-order valence-electron chi connectivity index (χ1n) is 11.5. The minimum absolute atomic E-state index is 0.0173. The lowest BCUT2D eigenvalue weighted by molar-refractivity contribution is 0.159. The molecule has 0 saturated heterocycles. The third-order valence-corrected chi connectivity index (χ3v) is 8.61. The van der Waals surface area contributed by atoms with Crippen molar-refractivity contribution in [3.8, 4) is 16.9 Å². The van der Waals surface area contributed by atoms with E-state index in [0.29, 0.717) is 0 Å². The summed E-state index contributed by atoms with van der Waals surface area (Å²) in [6.07, 6.45) is 0.514. The Labute approximate surface area is 216 Å². The molecule has 0 aliphatic carbocycles. The molecule has 1 aliphatic rings. The average Bonchev–Trinajstić information content (AvgIpc) is 2.78. The third kappa shape index (κ3) is 6.11. The Bertz CT molecular complexity index is 1560. The van der Waals surface area contributed by atoms with Gasteiger partial charge < -0.3 is 4.74 Å². The van der Waals surface area contributed by atoms with Crippen LogP contribution in [0.1, 0.15) is 25.8 Å². The Hall–Kier alpha value is -3.02. The molecule has 0 aromatic heterocycles. The molecule has 0 saturated carbocycles. The molecule has 3 aromatic rings. The number of hydrogen-bond acceptors (Lipinski definition) is 5. The van der Waals surface area contributed by atoms with Gasteiger partial charge in [-0.25, -0.2) is 30.3 Å². The van der Waals surface area contributed by atoms with E-state index in [1.807, 2.05) is 0 Å². The van der Waals surface area contributed by atoms with E-state index >= 15 is 0 Å². The van der Waals surface area contributed by atoms with Gasteiger partial charge in [-0.2, -0.15) is 0 Å². The first-order chi connectivity index (χ1) is 17.1. The highest BCUT2D eigenvalue weighted by molar-refractivity contribution is 7.92. The van der Waals surface area contributed by atoms with Crippen LogP contribution in [0.25, 0.3) is 11.1 Å². The summed E-state index contributed by atoms with van der Waals surface area (Å²) in [5, 5.41) is 0. The maximum Gasteiger partial charge on any atom is 0.264 e. The Kier molecular flexibility index (Phi) is 7.08. The lowest BCUT2D eigenvalue weighted by Gasteiger charge is -2.38. The lowest BCUT2D eigenvalue weighted by Crippen LogP contribution is -2.50. The van der Waals surface area contributed by atoms with Crippen LogP contribution in [0.4, 0.5) is 14.5 Å². The number of rotatable bonds is 7. The molecule has 0 radical (unpaired) electrons. The Morgan fingerprint density at radius 1 is 1.03 bits per heavy atom. The largest absolute Gasteiger partial charge is 0.486 e.